The van der Waals surface area contributed by atoms with Crippen molar-refractivity contribution in [2.24, 2.45) is 0 Å². The lowest BCUT2D eigenvalue weighted by molar-refractivity contribution is 0.0942. The number of rotatable bonds is 3. The number of carbonyl (C=O) groups excluding carboxylic acids is 1. The summed E-state index contributed by atoms with van der Waals surface area (Å²) in [7, 11) is 0. The van der Waals surface area contributed by atoms with Crippen LogP contribution in [-0.4, -0.2) is 15.9 Å². The molecular weight excluding hydrogens is 208 g/mol. The predicted molar refractivity (Wildman–Crippen MR) is 57.6 cm³/mol. The molecule has 0 spiro atoms. The lowest BCUT2D eigenvalue weighted by Gasteiger charge is -1.99. The van der Waals surface area contributed by atoms with Crippen molar-refractivity contribution in [3.05, 3.63) is 35.8 Å². The van der Waals surface area contributed by atoms with Crippen LogP contribution >= 0.6 is 0 Å². The number of nitrogens with one attached hydrogen (secondary N) is 2. The van der Waals surface area contributed by atoms with E-state index in [2.05, 4.69) is 15.3 Å². The molecule has 6 heteroatoms. The van der Waals surface area contributed by atoms with E-state index in [-0.39, 0.29) is 12.5 Å². The molecule has 0 saturated carbocycles. The number of hydrogen-bond acceptors (Lipinski definition) is 4. The number of anilines is 1. The lowest BCUT2D eigenvalue weighted by atomic mass is 10.4. The SMILES string of the molecule is Cc1cnc(CNC(=O)c2cc(N)c[nH]2)o1. The number of hydrogen-bond donors (Lipinski definition) is 3. The van der Waals surface area contributed by atoms with Crippen molar-refractivity contribution < 1.29 is 9.21 Å². The summed E-state index contributed by atoms with van der Waals surface area (Å²) in [5, 5.41) is 2.66. The highest BCUT2D eigenvalue weighted by atomic mass is 16.4. The zero-order valence-corrected chi connectivity index (χ0v) is 8.78. The molecule has 0 bridgehead atoms. The third-order valence-electron chi connectivity index (χ3n) is 2.02. The molecule has 0 fully saturated rings. The summed E-state index contributed by atoms with van der Waals surface area (Å²) in [6.07, 6.45) is 3.17. The van der Waals surface area contributed by atoms with Crippen molar-refractivity contribution in [1.82, 2.24) is 15.3 Å². The number of H-pyrrole nitrogens is 1. The monoisotopic (exact) mass is 220 g/mol. The topological polar surface area (TPSA) is 96.9 Å². The number of amides is 1. The van der Waals surface area contributed by atoms with Gasteiger partial charge in [-0.3, -0.25) is 4.79 Å². The van der Waals surface area contributed by atoms with E-state index in [0.717, 1.165) is 0 Å². The van der Waals surface area contributed by atoms with Gasteiger partial charge in [-0.2, -0.15) is 0 Å². The third kappa shape index (κ3) is 2.22. The van der Waals surface area contributed by atoms with Crippen LogP contribution in [0.3, 0.4) is 0 Å². The van der Waals surface area contributed by atoms with Gasteiger partial charge in [0.1, 0.15) is 11.5 Å². The molecule has 0 aliphatic heterocycles. The molecular formula is C10H12N4O2. The minimum absolute atomic E-state index is 0.243. The number of oxazole rings is 1. The first-order valence-electron chi connectivity index (χ1n) is 4.78. The average Bonchev–Trinajstić information content (AvgIpc) is 2.84. The van der Waals surface area contributed by atoms with Crippen molar-refractivity contribution in [1.29, 1.82) is 0 Å². The van der Waals surface area contributed by atoms with Crippen LogP contribution in [0.1, 0.15) is 22.1 Å². The van der Waals surface area contributed by atoms with Crippen molar-refractivity contribution >= 4 is 11.6 Å². The van der Waals surface area contributed by atoms with Crippen LogP contribution in [0.4, 0.5) is 5.69 Å². The predicted octanol–water partition coefficient (Wildman–Crippen LogP) is 0.823. The molecule has 1 amide bonds. The molecule has 6 nitrogen and oxygen atoms in total. The van der Waals surface area contributed by atoms with E-state index in [0.29, 0.717) is 23.0 Å². The van der Waals surface area contributed by atoms with Gasteiger partial charge in [0.25, 0.3) is 5.91 Å². The molecule has 2 rings (SSSR count). The first kappa shape index (κ1) is 10.3. The first-order chi connectivity index (χ1) is 7.65. The molecule has 0 saturated heterocycles. The maximum Gasteiger partial charge on any atom is 0.268 e. The highest BCUT2D eigenvalue weighted by molar-refractivity contribution is 5.93. The summed E-state index contributed by atoms with van der Waals surface area (Å²) in [5.41, 5.74) is 6.43. The zero-order valence-electron chi connectivity index (χ0n) is 8.78. The fourth-order valence-electron chi connectivity index (χ4n) is 1.28. The second-order valence-corrected chi connectivity index (χ2v) is 3.39. The Hall–Kier alpha value is -2.24. The molecule has 4 N–H and O–H groups in total. The van der Waals surface area contributed by atoms with E-state index in [4.69, 9.17) is 10.2 Å². The Morgan fingerprint density at radius 1 is 1.69 bits per heavy atom. The summed E-state index contributed by atoms with van der Waals surface area (Å²) in [6.45, 7) is 2.05. The zero-order chi connectivity index (χ0) is 11.5. The maximum absolute atomic E-state index is 11.6. The van der Waals surface area contributed by atoms with Gasteiger partial charge in [-0.05, 0) is 13.0 Å². The molecule has 2 heterocycles. The minimum Gasteiger partial charge on any atom is -0.444 e. The van der Waals surface area contributed by atoms with Gasteiger partial charge >= 0.3 is 0 Å². The van der Waals surface area contributed by atoms with Gasteiger partial charge in [0, 0.05) is 11.9 Å². The Balaban J connectivity index is 1.93. The van der Waals surface area contributed by atoms with Gasteiger partial charge in [-0.25, -0.2) is 4.98 Å². The van der Waals surface area contributed by atoms with Crippen LogP contribution in [0.5, 0.6) is 0 Å². The van der Waals surface area contributed by atoms with Gasteiger partial charge < -0.3 is 20.5 Å². The van der Waals surface area contributed by atoms with Gasteiger partial charge in [-0.15, -0.1) is 0 Å². The number of carbonyl (C=O) groups is 1. The smallest absolute Gasteiger partial charge is 0.268 e. The number of nitrogens with two attached hydrogens (primary N) is 1. The van der Waals surface area contributed by atoms with E-state index in [1.165, 1.54) is 0 Å². The summed E-state index contributed by atoms with van der Waals surface area (Å²) < 4.78 is 5.21. The Morgan fingerprint density at radius 2 is 2.50 bits per heavy atom. The van der Waals surface area contributed by atoms with Gasteiger partial charge in [-0.1, -0.05) is 0 Å². The standard InChI is InChI=1S/C10H12N4O2/c1-6-3-13-9(16-6)5-14-10(15)8-2-7(11)4-12-8/h2-4,12H,5,11H2,1H3,(H,14,15). The third-order valence-corrected chi connectivity index (χ3v) is 2.02. The fourth-order valence-corrected chi connectivity index (χ4v) is 1.28. The molecule has 0 unspecified atom stereocenters. The summed E-state index contributed by atoms with van der Waals surface area (Å²) in [4.78, 5) is 18.3. The second kappa shape index (κ2) is 4.09. The molecule has 2 aromatic heterocycles. The fraction of sp³-hybridized carbons (Fsp3) is 0.200. The second-order valence-electron chi connectivity index (χ2n) is 3.39. The Morgan fingerprint density at radius 3 is 3.06 bits per heavy atom. The van der Waals surface area contributed by atoms with E-state index in [1.54, 1.807) is 25.4 Å². The van der Waals surface area contributed by atoms with Crippen molar-refractivity contribution in [3.63, 3.8) is 0 Å². The summed E-state index contributed by atoms with van der Waals surface area (Å²) >= 11 is 0. The summed E-state index contributed by atoms with van der Waals surface area (Å²) in [5.74, 6) is 0.950. The van der Waals surface area contributed by atoms with Crippen LogP contribution in [-0.2, 0) is 6.54 Å². The van der Waals surface area contributed by atoms with Crippen LogP contribution < -0.4 is 11.1 Å². The van der Waals surface area contributed by atoms with Crippen LogP contribution in [0, 0.1) is 6.92 Å². The summed E-state index contributed by atoms with van der Waals surface area (Å²) in [6, 6.07) is 1.57. The lowest BCUT2D eigenvalue weighted by Crippen LogP contribution is -2.23. The molecule has 0 aliphatic carbocycles. The Bertz CT molecular complexity index is 500. The van der Waals surface area contributed by atoms with Crippen molar-refractivity contribution in [2.75, 3.05) is 5.73 Å². The normalized spacial score (nSPS) is 10.3. The van der Waals surface area contributed by atoms with Crippen LogP contribution in [0.25, 0.3) is 0 Å². The Kier molecular flexibility index (Phi) is 2.63. The largest absolute Gasteiger partial charge is 0.444 e. The van der Waals surface area contributed by atoms with Crippen molar-refractivity contribution in [2.45, 2.75) is 13.5 Å². The van der Waals surface area contributed by atoms with Gasteiger partial charge in [0.05, 0.1) is 12.7 Å². The highest BCUT2D eigenvalue weighted by Crippen LogP contribution is 2.05. The number of nitrogen functional groups attached to an aromatic ring is 1. The number of aryl methyl sites for hydroxylation is 1. The minimum atomic E-state index is -0.243. The number of aromatic amines is 1. The molecule has 2 aromatic rings. The molecule has 84 valence electrons. The molecule has 0 atom stereocenters. The molecule has 0 aromatic carbocycles. The van der Waals surface area contributed by atoms with E-state index < -0.39 is 0 Å². The maximum atomic E-state index is 11.6. The quantitative estimate of drug-likeness (QED) is 0.713. The van der Waals surface area contributed by atoms with Crippen LogP contribution in [0.2, 0.25) is 0 Å². The van der Waals surface area contributed by atoms with Gasteiger partial charge in [0.15, 0.2) is 0 Å². The highest BCUT2D eigenvalue weighted by Gasteiger charge is 2.08. The molecule has 0 aliphatic rings. The van der Waals surface area contributed by atoms with E-state index in [9.17, 15) is 4.79 Å². The molecule has 16 heavy (non-hydrogen) atoms. The molecule has 0 radical (unpaired) electrons. The number of nitrogens with zero attached hydrogens (tertiary/aromatic N) is 1. The van der Waals surface area contributed by atoms with E-state index in [1.807, 2.05) is 0 Å². The van der Waals surface area contributed by atoms with Gasteiger partial charge in [0.2, 0.25) is 5.89 Å². The van der Waals surface area contributed by atoms with Crippen molar-refractivity contribution in [3.8, 4) is 0 Å². The van der Waals surface area contributed by atoms with Crippen LogP contribution in [0.15, 0.2) is 22.9 Å². The first-order valence-corrected chi connectivity index (χ1v) is 4.78. The average molecular weight is 220 g/mol. The van der Waals surface area contributed by atoms with E-state index >= 15 is 0 Å². The Labute approximate surface area is 91.9 Å². The number of aromatic nitrogens is 2.